The van der Waals surface area contributed by atoms with Crippen molar-refractivity contribution in [2.24, 2.45) is 0 Å². The van der Waals surface area contributed by atoms with E-state index in [-0.39, 0.29) is 11.3 Å². The Kier molecular flexibility index (Phi) is 6.67. The van der Waals surface area contributed by atoms with Gasteiger partial charge in [-0.15, -0.1) is 0 Å². The maximum atomic E-state index is 12.7. The number of aliphatic hydroxyl groups excluding tert-OH is 1. The molecule has 8 heteroatoms. The van der Waals surface area contributed by atoms with E-state index in [1.54, 1.807) is 0 Å². The largest absolute Gasteiger partial charge is 0.493 e. The summed E-state index contributed by atoms with van der Waals surface area (Å²) in [7, 11) is 0. The van der Waals surface area contributed by atoms with Crippen molar-refractivity contribution in [3.05, 3.63) is 35.8 Å². The van der Waals surface area contributed by atoms with E-state index in [1.807, 2.05) is 0 Å². The van der Waals surface area contributed by atoms with Gasteiger partial charge in [0, 0.05) is 0 Å². The molecule has 0 saturated carbocycles. The van der Waals surface area contributed by atoms with Gasteiger partial charge in [-0.3, -0.25) is 0 Å². The second-order valence-corrected chi connectivity index (χ2v) is 3.12. The number of ether oxygens (including phenoxy) is 2. The average molecular weight is 277 g/mol. The second-order valence-electron chi connectivity index (χ2n) is 2.64. The van der Waals surface area contributed by atoms with Crippen LogP contribution in [-0.2, 0) is 9.47 Å². The summed E-state index contributed by atoms with van der Waals surface area (Å²) in [6.07, 6.45) is -3.48. The van der Waals surface area contributed by atoms with E-state index >= 15 is 0 Å². The third-order valence-electron chi connectivity index (χ3n) is 1.23. The number of hydrogen-bond donors (Lipinski definition) is 1. The first-order valence-electron chi connectivity index (χ1n) is 4.11. The first kappa shape index (κ1) is 15.8. The lowest BCUT2D eigenvalue weighted by molar-refractivity contribution is -0.185. The van der Waals surface area contributed by atoms with Crippen LogP contribution in [-0.4, -0.2) is 24.4 Å². The van der Waals surface area contributed by atoms with E-state index in [1.165, 1.54) is 0 Å². The van der Waals surface area contributed by atoms with Crippen molar-refractivity contribution in [2.45, 2.75) is 6.11 Å². The molecule has 0 aliphatic rings. The van der Waals surface area contributed by atoms with E-state index in [4.69, 9.17) is 16.7 Å². The maximum absolute atomic E-state index is 12.7. The summed E-state index contributed by atoms with van der Waals surface area (Å²) in [5.41, 5.74) is 0. The van der Waals surface area contributed by atoms with Gasteiger partial charge in [-0.2, -0.15) is 8.78 Å². The first-order valence-corrected chi connectivity index (χ1v) is 4.49. The molecule has 0 unspecified atom stereocenters. The van der Waals surface area contributed by atoms with Crippen molar-refractivity contribution in [1.29, 1.82) is 0 Å². The Morgan fingerprint density at radius 2 is 1.94 bits per heavy atom. The minimum absolute atomic E-state index is 0.00848. The van der Waals surface area contributed by atoms with Crippen LogP contribution in [0.4, 0.5) is 17.6 Å². The minimum Gasteiger partial charge on any atom is -0.493 e. The highest BCUT2D eigenvalue weighted by atomic mass is 35.5. The highest BCUT2D eigenvalue weighted by Crippen LogP contribution is 2.25. The quantitative estimate of drug-likeness (QED) is 0.574. The maximum Gasteiger partial charge on any atom is 0.452 e. The van der Waals surface area contributed by atoms with Crippen molar-refractivity contribution in [3.63, 3.8) is 0 Å². The van der Waals surface area contributed by atoms with Gasteiger partial charge in [-0.25, -0.2) is 8.78 Å². The van der Waals surface area contributed by atoms with Crippen LogP contribution in [0.3, 0.4) is 0 Å². The van der Waals surface area contributed by atoms with Gasteiger partial charge >= 0.3 is 6.11 Å². The molecule has 98 valence electrons. The van der Waals surface area contributed by atoms with Crippen LogP contribution in [0.2, 0.25) is 0 Å². The van der Waals surface area contributed by atoms with Crippen molar-refractivity contribution in [2.75, 3.05) is 13.2 Å². The topological polar surface area (TPSA) is 38.7 Å². The monoisotopic (exact) mass is 276 g/mol. The average Bonchev–Trinajstić information content (AvgIpc) is 2.26. The summed E-state index contributed by atoms with van der Waals surface area (Å²) in [5, 5.41) is 8.30. The lowest BCUT2D eigenvalue weighted by atomic mass is 10.5. The molecule has 0 aromatic heterocycles. The molecular weight excluding hydrogens is 268 g/mol. The van der Waals surface area contributed by atoms with Crippen LogP contribution < -0.4 is 0 Å². The predicted molar refractivity (Wildman–Crippen MR) is 52.4 cm³/mol. The molecule has 3 nitrogen and oxygen atoms in total. The number of halogens is 5. The van der Waals surface area contributed by atoms with Gasteiger partial charge in [0.05, 0.1) is 11.6 Å². The Morgan fingerprint density at radius 3 is 2.41 bits per heavy atom. The standard InChI is InChI=1S/C9H9ClF4O3/c1-6(11)9(13,14)17-5-8(12)4-16-3-7(10)2-15/h3,5,15H,1-2,4H2. The Balaban J connectivity index is 4.16. The zero-order valence-corrected chi connectivity index (χ0v) is 9.19. The fraction of sp³-hybridized carbons (Fsp3) is 0.333. The Labute approximate surface area is 99.6 Å². The second kappa shape index (κ2) is 7.18. The molecular formula is C9H9ClF4O3. The van der Waals surface area contributed by atoms with Gasteiger partial charge in [-0.05, 0) is 0 Å². The normalized spacial score (nSPS) is 13.5. The summed E-state index contributed by atoms with van der Waals surface area (Å²) in [6, 6.07) is 0. The number of hydrogen-bond acceptors (Lipinski definition) is 3. The van der Waals surface area contributed by atoms with Gasteiger partial charge in [-0.1, -0.05) is 18.2 Å². The smallest absolute Gasteiger partial charge is 0.452 e. The van der Waals surface area contributed by atoms with E-state index in [2.05, 4.69) is 16.1 Å². The highest BCUT2D eigenvalue weighted by Gasteiger charge is 2.35. The highest BCUT2D eigenvalue weighted by molar-refractivity contribution is 6.29. The van der Waals surface area contributed by atoms with Gasteiger partial charge in [0.1, 0.15) is 19.1 Å². The summed E-state index contributed by atoms with van der Waals surface area (Å²) >= 11 is 5.27. The molecule has 0 aliphatic heterocycles. The summed E-state index contributed by atoms with van der Waals surface area (Å²) in [4.78, 5) is 0. The zero-order chi connectivity index (χ0) is 13.5. The van der Waals surface area contributed by atoms with E-state index in [0.717, 1.165) is 6.26 Å². The number of rotatable bonds is 7. The van der Waals surface area contributed by atoms with Crippen LogP contribution in [0.5, 0.6) is 0 Å². The van der Waals surface area contributed by atoms with E-state index < -0.39 is 31.0 Å². The fourth-order valence-electron chi connectivity index (χ4n) is 0.485. The first-order chi connectivity index (χ1) is 7.79. The molecule has 0 rings (SSSR count). The van der Waals surface area contributed by atoms with Crippen LogP contribution in [0, 0.1) is 0 Å². The molecule has 0 aromatic carbocycles. The lowest BCUT2D eigenvalue weighted by Crippen LogP contribution is -2.18. The minimum atomic E-state index is -4.30. The molecule has 0 spiro atoms. The molecule has 0 bridgehead atoms. The third-order valence-corrected chi connectivity index (χ3v) is 1.44. The lowest BCUT2D eigenvalue weighted by Gasteiger charge is -2.11. The van der Waals surface area contributed by atoms with Crippen molar-refractivity contribution in [3.8, 4) is 0 Å². The molecule has 0 atom stereocenters. The van der Waals surface area contributed by atoms with Gasteiger partial charge in [0.25, 0.3) is 0 Å². The number of aliphatic hydroxyl groups is 1. The van der Waals surface area contributed by atoms with Gasteiger partial charge < -0.3 is 14.6 Å². The van der Waals surface area contributed by atoms with Crippen molar-refractivity contribution in [1.82, 2.24) is 0 Å². The van der Waals surface area contributed by atoms with E-state index in [9.17, 15) is 17.6 Å². The molecule has 1 N–H and O–H groups in total. The third kappa shape index (κ3) is 6.85. The molecule has 0 fully saturated rings. The molecule has 0 saturated heterocycles. The van der Waals surface area contributed by atoms with Crippen LogP contribution in [0.25, 0.3) is 0 Å². The van der Waals surface area contributed by atoms with Gasteiger partial charge in [0.15, 0.2) is 5.83 Å². The Hall–Kier alpha value is -1.21. The fourth-order valence-corrected chi connectivity index (χ4v) is 0.548. The van der Waals surface area contributed by atoms with Crippen LogP contribution >= 0.6 is 11.6 Å². The molecule has 0 aromatic rings. The Morgan fingerprint density at radius 1 is 1.35 bits per heavy atom. The summed E-state index contributed by atoms with van der Waals surface area (Å²) in [6.45, 7) is 1.05. The summed E-state index contributed by atoms with van der Waals surface area (Å²) in [5.74, 6) is -3.28. The van der Waals surface area contributed by atoms with Crippen LogP contribution in [0.15, 0.2) is 35.8 Å². The van der Waals surface area contributed by atoms with E-state index in [0.29, 0.717) is 0 Å². The zero-order valence-electron chi connectivity index (χ0n) is 8.43. The molecule has 0 aliphatic carbocycles. The molecule has 0 radical (unpaired) electrons. The summed E-state index contributed by atoms with van der Waals surface area (Å²) < 4.78 is 57.5. The predicted octanol–water partition coefficient (Wildman–Crippen LogP) is 2.98. The molecule has 17 heavy (non-hydrogen) atoms. The van der Waals surface area contributed by atoms with Crippen LogP contribution in [0.1, 0.15) is 0 Å². The van der Waals surface area contributed by atoms with Crippen molar-refractivity contribution < 1.29 is 32.1 Å². The molecule has 0 amide bonds. The number of alkyl halides is 2. The van der Waals surface area contributed by atoms with Crippen molar-refractivity contribution >= 4 is 11.6 Å². The SMILES string of the molecule is C=C(F)C(F)(F)OC=C(F)COC=C(Cl)CO. The Bertz CT molecular complexity index is 328. The molecule has 0 heterocycles. The van der Waals surface area contributed by atoms with Gasteiger partial charge in [0.2, 0.25) is 5.83 Å².